The lowest BCUT2D eigenvalue weighted by molar-refractivity contribution is -0.120. The number of thiazole rings is 1. The van der Waals surface area contributed by atoms with Crippen LogP contribution in [0.2, 0.25) is 0 Å². The highest BCUT2D eigenvalue weighted by molar-refractivity contribution is 7.21. The van der Waals surface area contributed by atoms with Crippen LogP contribution in [0.1, 0.15) is 18.1 Å². The largest absolute Gasteiger partial charge is 0.322 e. The van der Waals surface area contributed by atoms with Crippen molar-refractivity contribution in [3.8, 4) is 10.6 Å². The number of hydrogen-bond acceptors (Lipinski definition) is 4. The van der Waals surface area contributed by atoms with Crippen LogP contribution in [0.3, 0.4) is 0 Å². The van der Waals surface area contributed by atoms with Crippen LogP contribution in [0.15, 0.2) is 78.5 Å². The quantitative estimate of drug-likeness (QED) is 0.420. The van der Waals surface area contributed by atoms with Gasteiger partial charge in [0.2, 0.25) is 5.91 Å². The topological polar surface area (TPSA) is 71.1 Å². The number of nitrogens with one attached hydrogen (secondary N) is 2. The second-order valence-corrected chi connectivity index (χ2v) is 8.20. The number of aromatic nitrogens is 1. The Hall–Kier alpha value is -3.77. The third kappa shape index (κ3) is 5.05. The lowest BCUT2D eigenvalue weighted by Crippen LogP contribution is -2.28. The first-order valence-electron chi connectivity index (χ1n) is 9.81. The van der Waals surface area contributed by atoms with Gasteiger partial charge in [-0.2, -0.15) is 0 Å². The normalized spacial score (nSPS) is 11.4. The molecule has 0 aliphatic rings. The van der Waals surface area contributed by atoms with Gasteiger partial charge in [0.1, 0.15) is 10.7 Å². The van der Waals surface area contributed by atoms with Crippen LogP contribution in [0.5, 0.6) is 0 Å². The predicted molar refractivity (Wildman–Crippen MR) is 127 cm³/mol. The molecule has 2 N–H and O–H groups in total. The highest BCUT2D eigenvalue weighted by Crippen LogP contribution is 2.31. The number of rotatable bonds is 5. The first kappa shape index (κ1) is 20.5. The molecule has 3 aromatic carbocycles. The summed E-state index contributed by atoms with van der Waals surface area (Å²) in [7, 11) is 0. The molecule has 1 heterocycles. The molecule has 0 fully saturated rings. The number of aryl methyl sites for hydroxylation is 1. The molecule has 4 rings (SSSR count). The van der Waals surface area contributed by atoms with Crippen molar-refractivity contribution in [1.29, 1.82) is 0 Å². The van der Waals surface area contributed by atoms with Gasteiger partial charge >= 0.3 is 0 Å². The highest BCUT2D eigenvalue weighted by Gasteiger charge is 2.12. The monoisotopic (exact) mass is 427 g/mol. The summed E-state index contributed by atoms with van der Waals surface area (Å²) in [6.07, 6.45) is 1.65. The van der Waals surface area contributed by atoms with E-state index in [4.69, 9.17) is 4.98 Å². The van der Waals surface area contributed by atoms with E-state index in [-0.39, 0.29) is 17.5 Å². The number of anilines is 1. The Balaban J connectivity index is 1.53. The summed E-state index contributed by atoms with van der Waals surface area (Å²) in [4.78, 5) is 29.0. The third-order valence-electron chi connectivity index (χ3n) is 4.60. The third-order valence-corrected chi connectivity index (χ3v) is 5.67. The number of benzene rings is 3. The van der Waals surface area contributed by atoms with Gasteiger partial charge in [0.15, 0.2) is 0 Å². The minimum absolute atomic E-state index is 0.185. The smallest absolute Gasteiger partial charge is 0.272 e. The van der Waals surface area contributed by atoms with Gasteiger partial charge in [0.25, 0.3) is 5.91 Å². The zero-order valence-electron chi connectivity index (χ0n) is 17.2. The predicted octanol–water partition coefficient (Wildman–Crippen LogP) is 5.39. The maximum Gasteiger partial charge on any atom is 0.272 e. The molecule has 0 spiro atoms. The molecule has 0 saturated carbocycles. The zero-order valence-corrected chi connectivity index (χ0v) is 18.0. The summed E-state index contributed by atoms with van der Waals surface area (Å²) in [5.41, 5.74) is 4.81. The fourth-order valence-electron chi connectivity index (χ4n) is 3.11. The Morgan fingerprint density at radius 1 is 0.968 bits per heavy atom. The molecule has 31 heavy (non-hydrogen) atoms. The average Bonchev–Trinajstić information content (AvgIpc) is 3.17. The first-order valence-corrected chi connectivity index (χ1v) is 10.6. The van der Waals surface area contributed by atoms with Crippen LogP contribution < -0.4 is 10.6 Å². The molecule has 0 aliphatic carbocycles. The van der Waals surface area contributed by atoms with Gasteiger partial charge in [-0.1, -0.05) is 36.4 Å². The molecule has 0 radical (unpaired) electrons. The Morgan fingerprint density at radius 3 is 2.42 bits per heavy atom. The molecule has 4 aromatic rings. The van der Waals surface area contributed by atoms with Crippen molar-refractivity contribution in [2.75, 3.05) is 5.32 Å². The van der Waals surface area contributed by atoms with Crippen molar-refractivity contribution in [2.24, 2.45) is 0 Å². The van der Waals surface area contributed by atoms with Gasteiger partial charge in [-0.3, -0.25) is 9.59 Å². The molecule has 0 unspecified atom stereocenters. The van der Waals surface area contributed by atoms with Crippen LogP contribution in [-0.4, -0.2) is 16.8 Å². The summed E-state index contributed by atoms with van der Waals surface area (Å²) < 4.78 is 1.15. The van der Waals surface area contributed by atoms with Crippen LogP contribution >= 0.6 is 11.3 Å². The lowest BCUT2D eigenvalue weighted by Gasteiger charge is -2.10. The van der Waals surface area contributed by atoms with Crippen LogP contribution in [0.25, 0.3) is 26.9 Å². The number of carbonyl (C=O) groups is 2. The van der Waals surface area contributed by atoms with Gasteiger partial charge in [-0.25, -0.2) is 4.98 Å². The van der Waals surface area contributed by atoms with Crippen LogP contribution in [0.4, 0.5) is 5.69 Å². The second-order valence-electron chi connectivity index (χ2n) is 7.17. The highest BCUT2D eigenvalue weighted by atomic mass is 32.1. The van der Waals surface area contributed by atoms with Gasteiger partial charge in [-0.15, -0.1) is 11.3 Å². The molecule has 2 amide bonds. The molecule has 0 bridgehead atoms. The number of carbonyl (C=O) groups excluding carboxylic acids is 2. The van der Waals surface area contributed by atoms with Crippen molar-refractivity contribution in [3.05, 3.63) is 89.6 Å². The van der Waals surface area contributed by atoms with Gasteiger partial charge in [-0.05, 0) is 60.5 Å². The van der Waals surface area contributed by atoms with Crippen molar-refractivity contribution in [1.82, 2.24) is 10.3 Å². The van der Waals surface area contributed by atoms with E-state index in [1.807, 2.05) is 60.7 Å². The van der Waals surface area contributed by atoms with E-state index < -0.39 is 0 Å². The molecule has 0 saturated heterocycles. The molecule has 0 aliphatic heterocycles. The van der Waals surface area contributed by atoms with E-state index >= 15 is 0 Å². The Labute approximate surface area is 184 Å². The minimum atomic E-state index is -0.387. The number of nitrogens with zero attached hydrogens (tertiary/aromatic N) is 1. The maximum absolute atomic E-state index is 12.8. The Morgan fingerprint density at radius 2 is 1.71 bits per heavy atom. The molecule has 0 atom stereocenters. The zero-order chi connectivity index (χ0) is 21.8. The fourth-order valence-corrected chi connectivity index (χ4v) is 4.18. The van der Waals surface area contributed by atoms with Gasteiger partial charge in [0.05, 0.1) is 10.2 Å². The maximum atomic E-state index is 12.8. The summed E-state index contributed by atoms with van der Waals surface area (Å²) in [6.45, 7) is 3.44. The number of hydrogen-bond donors (Lipinski definition) is 2. The molecular formula is C25H21N3O2S. The second kappa shape index (κ2) is 8.93. The molecular weight excluding hydrogens is 406 g/mol. The summed E-state index contributed by atoms with van der Waals surface area (Å²) in [6, 6.07) is 23.1. The number of amides is 2. The standard InChI is InChI=1S/C25H21N3O2S/c1-16-8-13-21-23(14-16)31-25(28-21)19-9-11-20(12-10-19)27-24(30)22(26-17(2)29)15-18-6-4-3-5-7-18/h3-15H,1-2H3,(H,26,29)(H,27,30). The molecule has 1 aromatic heterocycles. The van der Waals surface area contributed by atoms with E-state index in [0.717, 1.165) is 26.4 Å². The van der Waals surface area contributed by atoms with E-state index in [1.54, 1.807) is 17.4 Å². The van der Waals surface area contributed by atoms with E-state index in [9.17, 15) is 9.59 Å². The van der Waals surface area contributed by atoms with E-state index in [2.05, 4.69) is 29.7 Å². The van der Waals surface area contributed by atoms with Crippen molar-refractivity contribution < 1.29 is 9.59 Å². The lowest BCUT2D eigenvalue weighted by atomic mass is 10.1. The van der Waals surface area contributed by atoms with E-state index in [0.29, 0.717) is 5.69 Å². The average molecular weight is 428 g/mol. The van der Waals surface area contributed by atoms with Crippen molar-refractivity contribution in [2.45, 2.75) is 13.8 Å². The Bertz CT molecular complexity index is 1280. The van der Waals surface area contributed by atoms with Crippen molar-refractivity contribution in [3.63, 3.8) is 0 Å². The molecule has 5 nitrogen and oxygen atoms in total. The molecule has 154 valence electrons. The van der Waals surface area contributed by atoms with Crippen molar-refractivity contribution >= 4 is 45.1 Å². The van der Waals surface area contributed by atoms with Gasteiger partial charge in [0, 0.05) is 18.2 Å². The number of fused-ring (bicyclic) bond motifs is 1. The summed E-state index contributed by atoms with van der Waals surface area (Å²) >= 11 is 1.64. The van der Waals surface area contributed by atoms with Gasteiger partial charge < -0.3 is 10.6 Å². The van der Waals surface area contributed by atoms with Crippen LogP contribution in [-0.2, 0) is 9.59 Å². The summed E-state index contributed by atoms with van der Waals surface area (Å²) in [5, 5.41) is 6.38. The SMILES string of the molecule is CC(=O)NC(=Cc1ccccc1)C(=O)Nc1ccc(-c2nc3ccc(C)cc3s2)cc1. The molecule has 6 heteroatoms. The summed E-state index contributed by atoms with van der Waals surface area (Å²) in [5.74, 6) is -0.694. The van der Waals surface area contributed by atoms with Crippen LogP contribution in [0, 0.1) is 6.92 Å². The van der Waals surface area contributed by atoms with E-state index in [1.165, 1.54) is 12.5 Å². The minimum Gasteiger partial charge on any atom is -0.322 e. The first-order chi connectivity index (χ1) is 15.0. The Kier molecular flexibility index (Phi) is 5.91. The fraction of sp³-hybridized carbons (Fsp3) is 0.0800.